The number of benzene rings is 2. The Morgan fingerprint density at radius 3 is 2.36 bits per heavy atom. The number of nitrogens with zero attached hydrogens (tertiary/aromatic N) is 3. The molecule has 1 aromatic heterocycles. The van der Waals surface area contributed by atoms with E-state index in [-0.39, 0.29) is 11.4 Å². The van der Waals surface area contributed by atoms with Gasteiger partial charge in [-0.05, 0) is 61.9 Å². The van der Waals surface area contributed by atoms with Crippen molar-refractivity contribution in [3.8, 4) is 0 Å². The molecule has 1 heterocycles. The van der Waals surface area contributed by atoms with Crippen LogP contribution < -0.4 is 9.62 Å². The molecule has 1 amide bonds. The van der Waals surface area contributed by atoms with Crippen molar-refractivity contribution in [2.24, 2.45) is 7.05 Å². The highest BCUT2D eigenvalue weighted by molar-refractivity contribution is 7.98. The minimum Gasteiger partial charge on any atom is -0.324 e. The summed E-state index contributed by atoms with van der Waals surface area (Å²) in [5, 5.41) is 7.09. The van der Waals surface area contributed by atoms with Gasteiger partial charge in [-0.2, -0.15) is 5.10 Å². The first-order valence-electron chi connectivity index (χ1n) is 10.6. The van der Waals surface area contributed by atoms with Crippen molar-refractivity contribution in [3.63, 3.8) is 0 Å². The summed E-state index contributed by atoms with van der Waals surface area (Å²) in [6, 6.07) is 14.7. The van der Waals surface area contributed by atoms with Gasteiger partial charge in [-0.15, -0.1) is 11.8 Å². The second-order valence-corrected chi connectivity index (χ2v) is 10.8. The molecule has 0 unspecified atom stereocenters. The number of anilines is 2. The first kappa shape index (κ1) is 24.9. The average Bonchev–Trinajstić information content (AvgIpc) is 3.03. The molecule has 0 radical (unpaired) electrons. The van der Waals surface area contributed by atoms with E-state index in [0.29, 0.717) is 28.7 Å². The molecule has 0 aliphatic rings. The maximum Gasteiger partial charge on any atom is 0.268 e. The van der Waals surface area contributed by atoms with Gasteiger partial charge in [0.05, 0.1) is 17.1 Å². The SMILES string of the molecule is CSc1cccc(NC(=O)CN(c2ccc(C(C)C)cc2)S(=O)(=O)c2c(C)nn(C)c2C)c1. The van der Waals surface area contributed by atoms with E-state index in [0.717, 1.165) is 14.8 Å². The summed E-state index contributed by atoms with van der Waals surface area (Å²) >= 11 is 1.56. The van der Waals surface area contributed by atoms with Crippen LogP contribution in [0.15, 0.2) is 58.3 Å². The predicted molar refractivity (Wildman–Crippen MR) is 135 cm³/mol. The summed E-state index contributed by atoms with van der Waals surface area (Å²) in [5.41, 5.74) is 3.04. The molecule has 0 bridgehead atoms. The Hall–Kier alpha value is -2.78. The summed E-state index contributed by atoms with van der Waals surface area (Å²) in [6.07, 6.45) is 1.95. The van der Waals surface area contributed by atoms with Crippen molar-refractivity contribution in [2.75, 3.05) is 22.4 Å². The van der Waals surface area contributed by atoms with E-state index >= 15 is 0 Å². The lowest BCUT2D eigenvalue weighted by Crippen LogP contribution is -2.38. The van der Waals surface area contributed by atoms with Gasteiger partial charge in [0.1, 0.15) is 11.4 Å². The molecule has 7 nitrogen and oxygen atoms in total. The number of hydrogen-bond acceptors (Lipinski definition) is 5. The molecule has 0 atom stereocenters. The molecule has 0 aliphatic carbocycles. The molecule has 0 saturated carbocycles. The molecular weight excluding hydrogens is 456 g/mol. The van der Waals surface area contributed by atoms with Crippen LogP contribution in [0.3, 0.4) is 0 Å². The van der Waals surface area contributed by atoms with E-state index in [1.165, 1.54) is 4.68 Å². The summed E-state index contributed by atoms with van der Waals surface area (Å²) in [7, 11) is -2.34. The molecule has 0 fully saturated rings. The van der Waals surface area contributed by atoms with E-state index in [2.05, 4.69) is 24.3 Å². The van der Waals surface area contributed by atoms with E-state index in [4.69, 9.17) is 0 Å². The monoisotopic (exact) mass is 486 g/mol. The Balaban J connectivity index is 2.00. The van der Waals surface area contributed by atoms with Crippen LogP contribution >= 0.6 is 11.8 Å². The topological polar surface area (TPSA) is 84.3 Å². The van der Waals surface area contributed by atoms with Crippen LogP contribution in [0.1, 0.15) is 36.7 Å². The summed E-state index contributed by atoms with van der Waals surface area (Å²) in [4.78, 5) is 14.1. The number of hydrogen-bond donors (Lipinski definition) is 1. The molecule has 0 aliphatic heterocycles. The molecule has 176 valence electrons. The Bertz CT molecular complexity index is 1250. The second-order valence-electron chi connectivity index (χ2n) is 8.16. The highest BCUT2D eigenvalue weighted by Crippen LogP contribution is 2.29. The number of thioether (sulfide) groups is 1. The molecule has 0 spiro atoms. The van der Waals surface area contributed by atoms with Gasteiger partial charge >= 0.3 is 0 Å². The number of sulfonamides is 1. The number of carbonyl (C=O) groups is 1. The van der Waals surface area contributed by atoms with Gasteiger partial charge in [0.15, 0.2) is 0 Å². The van der Waals surface area contributed by atoms with E-state index in [1.807, 2.05) is 36.6 Å². The third-order valence-corrected chi connectivity index (χ3v) is 8.23. The van der Waals surface area contributed by atoms with Crippen molar-refractivity contribution in [1.82, 2.24) is 9.78 Å². The molecule has 2 aromatic carbocycles. The number of rotatable bonds is 8. The number of aromatic nitrogens is 2. The third-order valence-electron chi connectivity index (χ3n) is 5.48. The highest BCUT2D eigenvalue weighted by atomic mass is 32.2. The smallest absolute Gasteiger partial charge is 0.268 e. The summed E-state index contributed by atoms with van der Waals surface area (Å²) < 4.78 is 30.3. The zero-order valence-corrected chi connectivity index (χ0v) is 21.4. The van der Waals surface area contributed by atoms with Crippen LogP contribution in [0, 0.1) is 13.8 Å². The first-order valence-corrected chi connectivity index (χ1v) is 13.3. The molecule has 9 heteroatoms. The van der Waals surface area contributed by atoms with Gasteiger partial charge in [-0.1, -0.05) is 32.0 Å². The Morgan fingerprint density at radius 1 is 1.15 bits per heavy atom. The van der Waals surface area contributed by atoms with Gasteiger partial charge in [-0.3, -0.25) is 13.8 Å². The molecular formula is C24H30N4O3S2. The molecule has 0 saturated heterocycles. The largest absolute Gasteiger partial charge is 0.324 e. The quantitative estimate of drug-likeness (QED) is 0.466. The number of amides is 1. The first-order chi connectivity index (χ1) is 15.5. The van der Waals surface area contributed by atoms with Gasteiger partial charge in [0.2, 0.25) is 5.91 Å². The van der Waals surface area contributed by atoms with Gasteiger partial charge in [0.25, 0.3) is 10.0 Å². The van der Waals surface area contributed by atoms with E-state index < -0.39 is 15.9 Å². The highest BCUT2D eigenvalue weighted by Gasteiger charge is 2.32. The third kappa shape index (κ3) is 5.42. The Morgan fingerprint density at radius 2 is 1.82 bits per heavy atom. The van der Waals surface area contributed by atoms with Crippen LogP contribution in [0.4, 0.5) is 11.4 Å². The van der Waals surface area contributed by atoms with Crippen molar-refractivity contribution >= 4 is 39.1 Å². The van der Waals surface area contributed by atoms with Gasteiger partial charge < -0.3 is 5.32 Å². The lowest BCUT2D eigenvalue weighted by Gasteiger charge is -2.25. The minimum absolute atomic E-state index is 0.120. The molecule has 3 aromatic rings. The standard InChI is InChI=1S/C24H30N4O3S2/c1-16(2)19-10-12-21(13-11-19)28(33(30,31)24-17(3)26-27(5)18(24)4)15-23(29)25-20-8-7-9-22(14-20)32-6/h7-14,16H,15H2,1-6H3,(H,25,29). The molecule has 1 N–H and O–H groups in total. The zero-order valence-electron chi connectivity index (χ0n) is 19.8. The Kier molecular flexibility index (Phi) is 7.54. The van der Waals surface area contributed by atoms with Crippen LogP contribution in [0.25, 0.3) is 0 Å². The van der Waals surface area contributed by atoms with Crippen LogP contribution in [-0.2, 0) is 21.9 Å². The zero-order chi connectivity index (χ0) is 24.3. The van der Waals surface area contributed by atoms with E-state index in [9.17, 15) is 13.2 Å². The van der Waals surface area contributed by atoms with Gasteiger partial charge in [-0.25, -0.2) is 8.42 Å². The fourth-order valence-corrected chi connectivity index (χ4v) is 5.90. The Labute approximate surface area is 200 Å². The lowest BCUT2D eigenvalue weighted by molar-refractivity contribution is -0.114. The van der Waals surface area contributed by atoms with Crippen LogP contribution in [-0.4, -0.2) is 36.9 Å². The van der Waals surface area contributed by atoms with Crippen molar-refractivity contribution < 1.29 is 13.2 Å². The predicted octanol–water partition coefficient (Wildman–Crippen LogP) is 4.72. The molecule has 33 heavy (non-hydrogen) atoms. The average molecular weight is 487 g/mol. The van der Waals surface area contributed by atoms with Crippen LogP contribution in [0.2, 0.25) is 0 Å². The number of carbonyl (C=O) groups excluding carboxylic acids is 1. The van der Waals surface area contributed by atoms with Crippen molar-refractivity contribution in [3.05, 3.63) is 65.5 Å². The van der Waals surface area contributed by atoms with Gasteiger partial charge in [0, 0.05) is 17.6 Å². The second kappa shape index (κ2) is 10.0. The maximum atomic E-state index is 13.8. The summed E-state index contributed by atoms with van der Waals surface area (Å²) in [6.45, 7) is 7.15. The molecule has 3 rings (SSSR count). The van der Waals surface area contributed by atoms with E-state index in [1.54, 1.807) is 50.9 Å². The maximum absolute atomic E-state index is 13.8. The summed E-state index contributed by atoms with van der Waals surface area (Å²) in [5.74, 6) is -0.122. The minimum atomic E-state index is -4.04. The number of aryl methyl sites for hydroxylation is 2. The van der Waals surface area contributed by atoms with Crippen molar-refractivity contribution in [1.29, 1.82) is 0 Å². The fraction of sp³-hybridized carbons (Fsp3) is 0.333. The van der Waals surface area contributed by atoms with Crippen molar-refractivity contribution in [2.45, 2.75) is 43.4 Å². The lowest BCUT2D eigenvalue weighted by atomic mass is 10.0. The normalized spacial score (nSPS) is 11.6. The number of nitrogens with one attached hydrogen (secondary N) is 1. The van der Waals surface area contributed by atoms with Crippen LogP contribution in [0.5, 0.6) is 0 Å². The fourth-order valence-electron chi connectivity index (χ4n) is 3.61.